The maximum absolute atomic E-state index is 13.4. The van der Waals surface area contributed by atoms with Crippen molar-refractivity contribution in [1.29, 1.82) is 0 Å². The minimum absolute atomic E-state index is 0.0157. The van der Waals surface area contributed by atoms with Crippen LogP contribution in [0.25, 0.3) is 0 Å². The summed E-state index contributed by atoms with van der Waals surface area (Å²) in [6.45, 7) is 9.31. The minimum Gasteiger partial charge on any atom is -0.394 e. The molecule has 298 valence electrons. The molecule has 0 aromatic carbocycles. The topological polar surface area (TPSA) is 118 Å². The van der Waals surface area contributed by atoms with Crippen LogP contribution in [0.5, 0.6) is 0 Å². The van der Waals surface area contributed by atoms with Crippen molar-refractivity contribution in [1.82, 2.24) is 9.80 Å². The van der Waals surface area contributed by atoms with Gasteiger partial charge in [0.2, 0.25) is 11.8 Å². The number of aliphatic hydroxyl groups is 2. The van der Waals surface area contributed by atoms with Crippen LogP contribution in [0.4, 0.5) is 0 Å². The molecule has 0 aliphatic heterocycles. The molecule has 0 saturated heterocycles. The number of unbranched alkanes of at least 4 members (excludes halogenated alkanes) is 18. The summed E-state index contributed by atoms with van der Waals surface area (Å²) in [6.07, 6.45) is 25.5. The molecule has 0 fully saturated rings. The van der Waals surface area contributed by atoms with E-state index in [0.717, 1.165) is 25.7 Å². The zero-order valence-electron chi connectivity index (χ0n) is 32.7. The van der Waals surface area contributed by atoms with Crippen LogP contribution in [0.1, 0.15) is 155 Å². The second-order valence-electron chi connectivity index (χ2n) is 13.5. The molecule has 0 aromatic heterocycles. The number of carbonyl (C=O) groups is 2. The van der Waals surface area contributed by atoms with Gasteiger partial charge in [0.25, 0.3) is 0 Å². The molecular weight excluding hydrogens is 636 g/mol. The third-order valence-electron chi connectivity index (χ3n) is 9.06. The van der Waals surface area contributed by atoms with Crippen LogP contribution in [0, 0.1) is 0 Å². The summed E-state index contributed by atoms with van der Waals surface area (Å²) >= 11 is 0. The lowest BCUT2D eigenvalue weighted by molar-refractivity contribution is -0.136. The fourth-order valence-corrected chi connectivity index (χ4v) is 5.93. The van der Waals surface area contributed by atoms with E-state index in [-0.39, 0.29) is 38.2 Å². The van der Waals surface area contributed by atoms with Crippen molar-refractivity contribution in [2.24, 2.45) is 0 Å². The first-order valence-corrected chi connectivity index (χ1v) is 20.7. The quantitative estimate of drug-likeness (QED) is 0.0633. The van der Waals surface area contributed by atoms with Crippen LogP contribution in [-0.2, 0) is 28.5 Å². The van der Waals surface area contributed by atoms with Gasteiger partial charge in [-0.1, -0.05) is 129 Å². The molecular formula is C40H80N2O8. The molecule has 0 aromatic rings. The van der Waals surface area contributed by atoms with Gasteiger partial charge in [-0.2, -0.15) is 0 Å². The van der Waals surface area contributed by atoms with Gasteiger partial charge in [-0.25, -0.2) is 0 Å². The zero-order chi connectivity index (χ0) is 36.6. The minimum atomic E-state index is -0.0157. The molecule has 0 rings (SSSR count). The van der Waals surface area contributed by atoms with Gasteiger partial charge >= 0.3 is 0 Å². The number of rotatable bonds is 41. The van der Waals surface area contributed by atoms with E-state index in [1.807, 2.05) is 9.80 Å². The first-order valence-electron chi connectivity index (χ1n) is 20.7. The number of amides is 2. The highest BCUT2D eigenvalue weighted by Crippen LogP contribution is 2.14. The summed E-state index contributed by atoms with van der Waals surface area (Å²) in [6, 6.07) is 0. The van der Waals surface area contributed by atoms with Crippen LogP contribution < -0.4 is 0 Å². The fraction of sp³-hybridized carbons (Fsp3) is 0.950. The van der Waals surface area contributed by atoms with Crippen LogP contribution in [-0.4, -0.2) is 124 Å². The monoisotopic (exact) mass is 717 g/mol. The Bertz CT molecular complexity index is 657. The Morgan fingerprint density at radius 1 is 0.380 bits per heavy atom. The van der Waals surface area contributed by atoms with Gasteiger partial charge in [-0.05, 0) is 12.8 Å². The lowest BCUT2D eigenvalue weighted by atomic mass is 10.1. The van der Waals surface area contributed by atoms with E-state index >= 15 is 0 Å². The summed E-state index contributed by atoms with van der Waals surface area (Å²) in [5.74, 6) is 0.230. The van der Waals surface area contributed by atoms with Gasteiger partial charge in [0, 0.05) is 39.0 Å². The molecule has 10 heteroatoms. The average Bonchev–Trinajstić information content (AvgIpc) is 3.12. The van der Waals surface area contributed by atoms with E-state index in [9.17, 15) is 9.59 Å². The Kier molecular flexibility index (Phi) is 39.4. The van der Waals surface area contributed by atoms with E-state index in [1.54, 1.807) is 0 Å². The summed E-state index contributed by atoms with van der Waals surface area (Å²) in [5.41, 5.74) is 0. The van der Waals surface area contributed by atoms with Gasteiger partial charge in [0.1, 0.15) is 0 Å². The Balaban J connectivity index is 4.90. The highest BCUT2D eigenvalue weighted by molar-refractivity contribution is 5.77. The molecule has 2 amide bonds. The van der Waals surface area contributed by atoms with Crippen LogP contribution >= 0.6 is 0 Å². The molecule has 10 nitrogen and oxygen atoms in total. The normalized spacial score (nSPS) is 11.4. The first kappa shape index (κ1) is 48.7. The largest absolute Gasteiger partial charge is 0.394 e. The molecule has 50 heavy (non-hydrogen) atoms. The Morgan fingerprint density at radius 2 is 0.660 bits per heavy atom. The lowest BCUT2D eigenvalue weighted by Crippen LogP contribution is -2.43. The van der Waals surface area contributed by atoms with Gasteiger partial charge in [-0.3, -0.25) is 9.59 Å². The van der Waals surface area contributed by atoms with Crippen molar-refractivity contribution in [3.05, 3.63) is 0 Å². The molecule has 0 bridgehead atoms. The van der Waals surface area contributed by atoms with Gasteiger partial charge in [0.05, 0.1) is 66.1 Å². The Hall–Kier alpha value is -1.30. The lowest BCUT2D eigenvalue weighted by Gasteiger charge is -2.28. The summed E-state index contributed by atoms with van der Waals surface area (Å²) in [4.78, 5) is 30.5. The van der Waals surface area contributed by atoms with Crippen molar-refractivity contribution in [3.8, 4) is 0 Å². The standard InChI is InChI=1S/C40H80N2O8/c1-3-5-7-9-11-13-15-17-19-21-23-39(45)41(27-31-47-35-37-49-33-29-43)25-26-42(28-32-48-36-38-50-34-30-44)40(46)24-22-20-18-16-14-12-10-8-6-4-2/h43-44H,3-38H2,1-2H3. The number of hydrogen-bond acceptors (Lipinski definition) is 8. The van der Waals surface area contributed by atoms with E-state index in [4.69, 9.17) is 29.2 Å². The Morgan fingerprint density at radius 3 is 0.960 bits per heavy atom. The smallest absolute Gasteiger partial charge is 0.222 e. The fourth-order valence-electron chi connectivity index (χ4n) is 5.93. The van der Waals surface area contributed by atoms with E-state index in [1.165, 1.54) is 103 Å². The van der Waals surface area contributed by atoms with Crippen molar-refractivity contribution in [3.63, 3.8) is 0 Å². The summed E-state index contributed by atoms with van der Waals surface area (Å²) in [5, 5.41) is 17.8. The number of ether oxygens (including phenoxy) is 4. The first-order chi connectivity index (χ1) is 24.6. The van der Waals surface area contributed by atoms with Crippen molar-refractivity contribution in [2.75, 3.05) is 92.2 Å². The molecule has 2 N–H and O–H groups in total. The molecule has 0 unspecified atom stereocenters. The van der Waals surface area contributed by atoms with E-state index in [0.29, 0.717) is 78.7 Å². The predicted molar refractivity (Wildman–Crippen MR) is 204 cm³/mol. The number of aliphatic hydroxyl groups excluding tert-OH is 2. The third-order valence-corrected chi connectivity index (χ3v) is 9.06. The van der Waals surface area contributed by atoms with Gasteiger partial charge in [0.15, 0.2) is 0 Å². The highest BCUT2D eigenvalue weighted by atomic mass is 16.5. The van der Waals surface area contributed by atoms with E-state index < -0.39 is 0 Å². The molecule has 0 aliphatic rings. The second-order valence-corrected chi connectivity index (χ2v) is 13.5. The maximum atomic E-state index is 13.4. The molecule has 0 heterocycles. The van der Waals surface area contributed by atoms with E-state index in [2.05, 4.69) is 13.8 Å². The highest BCUT2D eigenvalue weighted by Gasteiger charge is 2.18. The second kappa shape index (κ2) is 40.5. The molecule has 0 radical (unpaired) electrons. The Labute approximate surface area is 307 Å². The maximum Gasteiger partial charge on any atom is 0.222 e. The molecule has 0 aliphatic carbocycles. The van der Waals surface area contributed by atoms with Crippen LogP contribution in [0.2, 0.25) is 0 Å². The number of hydrogen-bond donors (Lipinski definition) is 2. The zero-order valence-corrected chi connectivity index (χ0v) is 32.7. The van der Waals surface area contributed by atoms with Crippen LogP contribution in [0.3, 0.4) is 0 Å². The summed E-state index contributed by atoms with van der Waals surface area (Å²) in [7, 11) is 0. The summed E-state index contributed by atoms with van der Waals surface area (Å²) < 4.78 is 22.0. The van der Waals surface area contributed by atoms with Crippen molar-refractivity contribution >= 4 is 11.8 Å². The van der Waals surface area contributed by atoms with Crippen molar-refractivity contribution < 1.29 is 38.7 Å². The molecule has 0 atom stereocenters. The van der Waals surface area contributed by atoms with Gasteiger partial charge < -0.3 is 39.0 Å². The predicted octanol–water partition coefficient (Wildman–Crippen LogP) is 7.32. The average molecular weight is 717 g/mol. The van der Waals surface area contributed by atoms with Crippen molar-refractivity contribution in [2.45, 2.75) is 155 Å². The molecule has 0 saturated carbocycles. The SMILES string of the molecule is CCCCCCCCCCCCC(=O)N(CCOCCOCCO)CCN(CCOCCOCCO)C(=O)CCCCCCCCCCCC. The number of nitrogens with zero attached hydrogens (tertiary/aromatic N) is 2. The van der Waals surface area contributed by atoms with Crippen LogP contribution in [0.15, 0.2) is 0 Å². The molecule has 0 spiro atoms. The third kappa shape index (κ3) is 33.8. The number of carbonyl (C=O) groups excluding carboxylic acids is 2. The van der Waals surface area contributed by atoms with Gasteiger partial charge in [-0.15, -0.1) is 0 Å².